The maximum Gasteiger partial charge on any atom is 0.179 e. The number of nitrogens with zero attached hydrogens (tertiary/aromatic N) is 1. The standard InChI is InChI=1S/C15H23NO3S2.ClH/c1-15(2,3)12-7-11(9-16-5-6-20-10-16)14(17)13(8-12)21(4,18)19;/h7-8,17H,5-6,9-10H2,1-4H3;1H. The smallest absolute Gasteiger partial charge is 0.179 e. The maximum atomic E-state index is 11.9. The van der Waals surface area contributed by atoms with Gasteiger partial charge in [0.2, 0.25) is 0 Å². The molecule has 1 aliphatic heterocycles. The van der Waals surface area contributed by atoms with Crippen LogP contribution in [0.15, 0.2) is 17.0 Å². The Kier molecular flexibility index (Phi) is 6.23. The third kappa shape index (κ3) is 4.54. The molecule has 126 valence electrons. The summed E-state index contributed by atoms with van der Waals surface area (Å²) in [7, 11) is -3.45. The number of hydrogen-bond acceptors (Lipinski definition) is 5. The van der Waals surface area contributed by atoms with Crippen molar-refractivity contribution in [1.82, 2.24) is 4.90 Å². The molecule has 1 saturated heterocycles. The lowest BCUT2D eigenvalue weighted by molar-refractivity contribution is 0.337. The van der Waals surface area contributed by atoms with Crippen molar-refractivity contribution >= 4 is 34.0 Å². The SMILES string of the molecule is CC(C)(C)c1cc(CN2CCSC2)c(O)c(S(C)(=O)=O)c1.Cl. The number of phenolic OH excluding ortho intramolecular Hbond substituents is 1. The molecule has 0 aromatic heterocycles. The zero-order chi connectivity index (χ0) is 15.8. The van der Waals surface area contributed by atoms with Gasteiger partial charge in [-0.1, -0.05) is 26.8 Å². The summed E-state index contributed by atoms with van der Waals surface area (Å²) in [6, 6.07) is 3.54. The van der Waals surface area contributed by atoms with E-state index in [0.717, 1.165) is 30.0 Å². The number of sulfone groups is 1. The van der Waals surface area contributed by atoms with Gasteiger partial charge in [0.15, 0.2) is 9.84 Å². The van der Waals surface area contributed by atoms with Gasteiger partial charge in [-0.2, -0.15) is 0 Å². The summed E-state index contributed by atoms with van der Waals surface area (Å²) in [5, 5.41) is 10.4. The molecule has 0 amide bonds. The Hall–Kier alpha value is -0.430. The van der Waals surface area contributed by atoms with Crippen molar-refractivity contribution in [3.8, 4) is 5.75 Å². The summed E-state index contributed by atoms with van der Waals surface area (Å²) in [5.41, 5.74) is 1.47. The quantitative estimate of drug-likeness (QED) is 0.892. The average Bonchev–Trinajstić information content (AvgIpc) is 2.81. The van der Waals surface area contributed by atoms with E-state index in [1.807, 2.05) is 38.6 Å². The molecule has 1 N–H and O–H groups in total. The minimum absolute atomic E-state index is 0. The number of hydrogen-bond donors (Lipinski definition) is 1. The Morgan fingerprint density at radius 2 is 1.95 bits per heavy atom. The maximum absolute atomic E-state index is 11.9. The van der Waals surface area contributed by atoms with Crippen molar-refractivity contribution in [2.45, 2.75) is 37.6 Å². The zero-order valence-corrected chi connectivity index (χ0v) is 15.9. The second-order valence-electron chi connectivity index (χ2n) is 6.59. The molecule has 1 aromatic rings. The molecule has 4 nitrogen and oxygen atoms in total. The number of phenols is 1. The lowest BCUT2D eigenvalue weighted by Gasteiger charge is -2.23. The fourth-order valence-electron chi connectivity index (χ4n) is 2.32. The van der Waals surface area contributed by atoms with Gasteiger partial charge >= 0.3 is 0 Å². The van der Waals surface area contributed by atoms with Gasteiger partial charge in [-0.3, -0.25) is 4.90 Å². The van der Waals surface area contributed by atoms with Gasteiger partial charge in [0.25, 0.3) is 0 Å². The lowest BCUT2D eigenvalue weighted by Crippen LogP contribution is -2.20. The molecule has 1 fully saturated rings. The fraction of sp³-hybridized carbons (Fsp3) is 0.600. The molecule has 2 rings (SSSR count). The monoisotopic (exact) mass is 365 g/mol. The largest absolute Gasteiger partial charge is 0.506 e. The number of benzene rings is 1. The van der Waals surface area contributed by atoms with Gasteiger partial charge in [0, 0.05) is 36.5 Å². The number of aromatic hydroxyl groups is 1. The van der Waals surface area contributed by atoms with E-state index in [4.69, 9.17) is 0 Å². The summed E-state index contributed by atoms with van der Waals surface area (Å²) in [4.78, 5) is 2.26. The second kappa shape index (κ2) is 6.99. The van der Waals surface area contributed by atoms with Gasteiger partial charge in [-0.05, 0) is 17.0 Å². The van der Waals surface area contributed by atoms with Crippen LogP contribution in [-0.4, -0.2) is 42.9 Å². The van der Waals surface area contributed by atoms with Crippen LogP contribution >= 0.6 is 24.2 Å². The highest BCUT2D eigenvalue weighted by Crippen LogP contribution is 2.35. The third-order valence-corrected chi connectivity index (χ3v) is 5.77. The van der Waals surface area contributed by atoms with Crippen LogP contribution in [0.5, 0.6) is 5.75 Å². The second-order valence-corrected chi connectivity index (χ2v) is 9.65. The Labute approximate surface area is 143 Å². The molecule has 0 saturated carbocycles. The van der Waals surface area contributed by atoms with E-state index in [2.05, 4.69) is 4.90 Å². The van der Waals surface area contributed by atoms with E-state index < -0.39 is 9.84 Å². The van der Waals surface area contributed by atoms with Crippen LogP contribution in [0.2, 0.25) is 0 Å². The van der Waals surface area contributed by atoms with Crippen LogP contribution in [0.3, 0.4) is 0 Å². The summed E-state index contributed by atoms with van der Waals surface area (Å²) >= 11 is 1.85. The number of thioether (sulfide) groups is 1. The predicted molar refractivity (Wildman–Crippen MR) is 94.9 cm³/mol. The molecule has 0 unspecified atom stereocenters. The Balaban J connectivity index is 0.00000242. The van der Waals surface area contributed by atoms with E-state index in [-0.39, 0.29) is 28.5 Å². The van der Waals surface area contributed by atoms with Crippen molar-refractivity contribution in [2.75, 3.05) is 24.4 Å². The first-order valence-corrected chi connectivity index (χ1v) is 10.00. The molecule has 7 heteroatoms. The average molecular weight is 366 g/mol. The molecule has 1 aromatic carbocycles. The van der Waals surface area contributed by atoms with Crippen LogP contribution in [0, 0.1) is 0 Å². The highest BCUT2D eigenvalue weighted by Gasteiger charge is 2.24. The molecule has 1 aliphatic rings. The van der Waals surface area contributed by atoms with Crippen molar-refractivity contribution < 1.29 is 13.5 Å². The van der Waals surface area contributed by atoms with Crippen LogP contribution < -0.4 is 0 Å². The number of halogens is 1. The third-order valence-electron chi connectivity index (χ3n) is 3.64. The molecule has 1 heterocycles. The van der Waals surface area contributed by atoms with Crippen molar-refractivity contribution in [3.05, 3.63) is 23.3 Å². The Morgan fingerprint density at radius 3 is 2.41 bits per heavy atom. The first-order valence-electron chi connectivity index (χ1n) is 6.95. The molecule has 0 spiro atoms. The summed E-state index contributed by atoms with van der Waals surface area (Å²) in [6.07, 6.45) is 1.14. The van der Waals surface area contributed by atoms with E-state index in [1.165, 1.54) is 0 Å². The van der Waals surface area contributed by atoms with Crippen LogP contribution in [0.25, 0.3) is 0 Å². The highest BCUT2D eigenvalue weighted by atomic mass is 35.5. The molecule has 22 heavy (non-hydrogen) atoms. The van der Waals surface area contributed by atoms with Crippen LogP contribution in [-0.2, 0) is 21.8 Å². The molecule has 0 aliphatic carbocycles. The van der Waals surface area contributed by atoms with E-state index in [1.54, 1.807) is 6.07 Å². The summed E-state index contributed by atoms with van der Waals surface area (Å²) < 4.78 is 23.9. The van der Waals surface area contributed by atoms with Gasteiger partial charge in [0.1, 0.15) is 10.6 Å². The Morgan fingerprint density at radius 1 is 1.32 bits per heavy atom. The van der Waals surface area contributed by atoms with E-state index in [0.29, 0.717) is 12.1 Å². The fourth-order valence-corrected chi connectivity index (χ4v) is 4.14. The molecule has 0 atom stereocenters. The van der Waals surface area contributed by atoms with Gasteiger partial charge in [-0.25, -0.2) is 8.42 Å². The normalized spacial score (nSPS) is 16.5. The zero-order valence-electron chi connectivity index (χ0n) is 13.4. The molecular formula is C15H24ClNO3S2. The van der Waals surface area contributed by atoms with Gasteiger partial charge < -0.3 is 5.11 Å². The topological polar surface area (TPSA) is 57.6 Å². The van der Waals surface area contributed by atoms with Crippen molar-refractivity contribution in [3.63, 3.8) is 0 Å². The summed E-state index contributed by atoms with van der Waals surface area (Å²) in [6.45, 7) is 7.69. The first kappa shape index (κ1) is 19.6. The highest BCUT2D eigenvalue weighted by molar-refractivity contribution is 7.99. The van der Waals surface area contributed by atoms with Gasteiger partial charge in [0.05, 0.1) is 0 Å². The predicted octanol–water partition coefficient (Wildman–Crippen LogP) is 3.02. The number of rotatable bonds is 3. The molecule has 0 radical (unpaired) electrons. The first-order chi connectivity index (χ1) is 9.59. The molecule has 0 bridgehead atoms. The Bertz CT molecular complexity index is 633. The minimum Gasteiger partial charge on any atom is -0.506 e. The van der Waals surface area contributed by atoms with Crippen molar-refractivity contribution in [1.29, 1.82) is 0 Å². The van der Waals surface area contributed by atoms with E-state index >= 15 is 0 Å². The van der Waals surface area contributed by atoms with Crippen LogP contribution in [0.4, 0.5) is 0 Å². The van der Waals surface area contributed by atoms with Crippen LogP contribution in [0.1, 0.15) is 31.9 Å². The molecular weight excluding hydrogens is 342 g/mol. The summed E-state index contributed by atoms with van der Waals surface area (Å²) in [5.74, 6) is 1.91. The van der Waals surface area contributed by atoms with Gasteiger partial charge in [-0.15, -0.1) is 24.2 Å². The van der Waals surface area contributed by atoms with E-state index in [9.17, 15) is 13.5 Å². The lowest BCUT2D eigenvalue weighted by atomic mass is 9.86. The van der Waals surface area contributed by atoms with Crippen molar-refractivity contribution in [2.24, 2.45) is 0 Å². The minimum atomic E-state index is -3.45.